The molecule has 0 amide bonds. The minimum absolute atomic E-state index is 0.320. The van der Waals surface area contributed by atoms with E-state index in [4.69, 9.17) is 9.47 Å². The van der Waals surface area contributed by atoms with E-state index in [-0.39, 0.29) is 0 Å². The highest BCUT2D eigenvalue weighted by molar-refractivity contribution is 7.10. The Hall–Kier alpha value is -1.52. The molecular formula is C19H25NO2S. The van der Waals surface area contributed by atoms with Gasteiger partial charge in [-0.1, -0.05) is 19.9 Å². The van der Waals surface area contributed by atoms with E-state index < -0.39 is 0 Å². The van der Waals surface area contributed by atoms with Gasteiger partial charge in [-0.25, -0.2) is 0 Å². The van der Waals surface area contributed by atoms with Crippen LogP contribution in [0.3, 0.4) is 0 Å². The smallest absolute Gasteiger partial charge is 0.161 e. The van der Waals surface area contributed by atoms with Crippen molar-refractivity contribution < 1.29 is 9.47 Å². The predicted molar refractivity (Wildman–Crippen MR) is 95.8 cm³/mol. The van der Waals surface area contributed by atoms with Crippen molar-refractivity contribution >= 4 is 11.3 Å². The number of thiophene rings is 1. The summed E-state index contributed by atoms with van der Waals surface area (Å²) in [5.74, 6) is 2.30. The van der Waals surface area contributed by atoms with Crippen LogP contribution in [0.5, 0.6) is 11.5 Å². The average Bonchev–Trinajstić information content (AvgIpc) is 3.06. The molecule has 3 nitrogen and oxygen atoms in total. The van der Waals surface area contributed by atoms with Crippen LogP contribution >= 0.6 is 11.3 Å². The first kappa shape index (κ1) is 16.3. The molecule has 1 unspecified atom stereocenters. The van der Waals surface area contributed by atoms with Crippen LogP contribution < -0.4 is 9.47 Å². The number of benzene rings is 1. The lowest BCUT2D eigenvalue weighted by molar-refractivity contribution is 0.192. The van der Waals surface area contributed by atoms with Gasteiger partial charge in [0, 0.05) is 18.0 Å². The van der Waals surface area contributed by atoms with Gasteiger partial charge < -0.3 is 9.47 Å². The minimum atomic E-state index is 0.320. The summed E-state index contributed by atoms with van der Waals surface area (Å²) in [5, 5.41) is 2.16. The lowest BCUT2D eigenvalue weighted by Crippen LogP contribution is -2.38. The van der Waals surface area contributed by atoms with E-state index in [1.165, 1.54) is 16.0 Å². The zero-order valence-corrected chi connectivity index (χ0v) is 15.2. The first-order chi connectivity index (χ1) is 11.1. The van der Waals surface area contributed by atoms with Crippen molar-refractivity contribution in [1.29, 1.82) is 0 Å². The number of ether oxygens (including phenoxy) is 2. The van der Waals surface area contributed by atoms with E-state index in [1.54, 1.807) is 14.2 Å². The lowest BCUT2D eigenvalue weighted by atomic mass is 9.90. The molecule has 0 saturated carbocycles. The molecule has 0 N–H and O–H groups in total. The van der Waals surface area contributed by atoms with Gasteiger partial charge in [-0.15, -0.1) is 11.3 Å². The number of nitrogens with zero attached hydrogens (tertiary/aromatic N) is 1. The van der Waals surface area contributed by atoms with E-state index in [0.29, 0.717) is 12.0 Å². The molecule has 23 heavy (non-hydrogen) atoms. The van der Waals surface area contributed by atoms with Crippen LogP contribution in [0.4, 0.5) is 0 Å². The van der Waals surface area contributed by atoms with Crippen LogP contribution in [0.15, 0.2) is 29.6 Å². The van der Waals surface area contributed by atoms with Gasteiger partial charge in [0.1, 0.15) is 0 Å². The quantitative estimate of drug-likeness (QED) is 0.812. The number of hydrogen-bond donors (Lipinski definition) is 0. The van der Waals surface area contributed by atoms with Crippen LogP contribution in [-0.2, 0) is 6.42 Å². The number of hydrogen-bond acceptors (Lipinski definition) is 4. The Morgan fingerprint density at radius 1 is 1.22 bits per heavy atom. The molecule has 1 aromatic heterocycles. The van der Waals surface area contributed by atoms with E-state index in [0.717, 1.165) is 31.0 Å². The van der Waals surface area contributed by atoms with Gasteiger partial charge in [0.15, 0.2) is 11.5 Å². The van der Waals surface area contributed by atoms with Crippen molar-refractivity contribution in [3.63, 3.8) is 0 Å². The minimum Gasteiger partial charge on any atom is -0.493 e. The molecular weight excluding hydrogens is 306 g/mol. The lowest BCUT2D eigenvalue weighted by Gasteiger charge is -2.38. The van der Waals surface area contributed by atoms with Crippen molar-refractivity contribution in [3.05, 3.63) is 45.6 Å². The second-order valence-electron chi connectivity index (χ2n) is 6.46. The summed E-state index contributed by atoms with van der Waals surface area (Å²) < 4.78 is 11.0. The van der Waals surface area contributed by atoms with Gasteiger partial charge in [-0.05, 0) is 47.0 Å². The summed E-state index contributed by atoms with van der Waals surface area (Å²) in [5.41, 5.74) is 2.73. The van der Waals surface area contributed by atoms with Gasteiger partial charge >= 0.3 is 0 Å². The molecule has 3 rings (SSSR count). The van der Waals surface area contributed by atoms with Crippen molar-refractivity contribution in [2.75, 3.05) is 27.3 Å². The van der Waals surface area contributed by atoms with Crippen LogP contribution in [0, 0.1) is 5.92 Å². The maximum absolute atomic E-state index is 5.54. The van der Waals surface area contributed by atoms with Crippen molar-refractivity contribution in [2.45, 2.75) is 26.3 Å². The predicted octanol–water partition coefficient (Wildman–Crippen LogP) is 4.37. The summed E-state index contributed by atoms with van der Waals surface area (Å²) in [6, 6.07) is 9.03. The largest absolute Gasteiger partial charge is 0.493 e. The molecule has 0 spiro atoms. The Labute approximate surface area is 142 Å². The summed E-state index contributed by atoms with van der Waals surface area (Å²) in [6.45, 7) is 6.77. The Morgan fingerprint density at radius 3 is 2.57 bits per heavy atom. The second kappa shape index (κ2) is 6.93. The molecule has 2 aromatic rings. The Balaban J connectivity index is 2.08. The molecule has 0 aliphatic carbocycles. The summed E-state index contributed by atoms with van der Waals surface area (Å²) in [4.78, 5) is 4.00. The Kier molecular flexibility index (Phi) is 4.93. The zero-order valence-electron chi connectivity index (χ0n) is 14.3. The van der Waals surface area contributed by atoms with Gasteiger partial charge in [-0.3, -0.25) is 4.90 Å². The number of methoxy groups -OCH3 is 2. The van der Waals surface area contributed by atoms with Gasteiger partial charge in [-0.2, -0.15) is 0 Å². The molecule has 0 saturated heterocycles. The molecule has 4 heteroatoms. The maximum Gasteiger partial charge on any atom is 0.161 e. The Bertz CT molecular complexity index is 652. The summed E-state index contributed by atoms with van der Waals surface area (Å²) >= 11 is 1.83. The molecule has 0 fully saturated rings. The fourth-order valence-electron chi connectivity index (χ4n) is 3.44. The summed E-state index contributed by atoms with van der Waals surface area (Å²) in [7, 11) is 3.41. The van der Waals surface area contributed by atoms with Crippen LogP contribution in [-0.4, -0.2) is 32.2 Å². The van der Waals surface area contributed by atoms with Gasteiger partial charge in [0.05, 0.1) is 20.3 Å². The highest BCUT2D eigenvalue weighted by atomic mass is 32.1. The topological polar surface area (TPSA) is 21.7 Å². The normalized spacial score (nSPS) is 18.0. The van der Waals surface area contributed by atoms with E-state index in [1.807, 2.05) is 11.3 Å². The van der Waals surface area contributed by atoms with Crippen molar-refractivity contribution in [2.24, 2.45) is 5.92 Å². The Morgan fingerprint density at radius 2 is 1.96 bits per heavy atom. The van der Waals surface area contributed by atoms with E-state index in [2.05, 4.69) is 48.4 Å². The highest BCUT2D eigenvalue weighted by Crippen LogP contribution is 2.42. The third kappa shape index (κ3) is 3.24. The standard InChI is InChI=1S/C19H25NO2S/c1-13(2)12-20-8-7-14-10-16(21-3)17(22-4)11-15(14)19(20)18-6-5-9-23-18/h5-6,9-11,13,19H,7-8,12H2,1-4H3. The van der Waals surface area contributed by atoms with Crippen LogP contribution in [0.25, 0.3) is 0 Å². The fourth-order valence-corrected chi connectivity index (χ4v) is 4.32. The van der Waals surface area contributed by atoms with Crippen LogP contribution in [0.2, 0.25) is 0 Å². The molecule has 0 bridgehead atoms. The molecule has 1 atom stereocenters. The number of fused-ring (bicyclic) bond motifs is 1. The molecule has 1 aliphatic heterocycles. The molecule has 1 aliphatic rings. The van der Waals surface area contributed by atoms with Gasteiger partial charge in [0.2, 0.25) is 0 Å². The van der Waals surface area contributed by atoms with Gasteiger partial charge in [0.25, 0.3) is 0 Å². The first-order valence-corrected chi connectivity index (χ1v) is 9.04. The van der Waals surface area contributed by atoms with Crippen LogP contribution in [0.1, 0.15) is 35.9 Å². The first-order valence-electron chi connectivity index (χ1n) is 8.16. The zero-order chi connectivity index (χ0) is 16.4. The summed E-state index contributed by atoms with van der Waals surface area (Å²) in [6.07, 6.45) is 1.06. The second-order valence-corrected chi connectivity index (χ2v) is 7.44. The average molecular weight is 331 g/mol. The molecule has 1 aromatic carbocycles. The highest BCUT2D eigenvalue weighted by Gasteiger charge is 2.31. The monoisotopic (exact) mass is 331 g/mol. The number of rotatable bonds is 5. The van der Waals surface area contributed by atoms with Crippen molar-refractivity contribution in [1.82, 2.24) is 4.90 Å². The maximum atomic E-state index is 5.54. The molecule has 124 valence electrons. The van der Waals surface area contributed by atoms with E-state index in [9.17, 15) is 0 Å². The third-order valence-corrected chi connectivity index (χ3v) is 5.31. The SMILES string of the molecule is COc1cc2c(cc1OC)C(c1cccs1)N(CC(C)C)CC2. The van der Waals surface area contributed by atoms with E-state index >= 15 is 0 Å². The van der Waals surface area contributed by atoms with Crippen molar-refractivity contribution in [3.8, 4) is 11.5 Å². The molecule has 2 heterocycles. The molecule has 0 radical (unpaired) electrons. The third-order valence-electron chi connectivity index (χ3n) is 4.39. The fraction of sp³-hybridized carbons (Fsp3) is 0.474.